The number of fused-ring (bicyclic) bond motifs is 2. The molecule has 0 saturated carbocycles. The van der Waals surface area contributed by atoms with E-state index in [-0.39, 0.29) is 18.9 Å². The van der Waals surface area contributed by atoms with Crippen molar-refractivity contribution in [1.29, 1.82) is 0 Å². The second kappa shape index (κ2) is 5.23. The molecule has 1 aromatic heterocycles. The predicted octanol–water partition coefficient (Wildman–Crippen LogP) is 2.55. The number of hydrogen-bond acceptors (Lipinski definition) is 6. The number of rotatable bonds is 2. The molecule has 0 aliphatic carbocycles. The van der Waals surface area contributed by atoms with Gasteiger partial charge < -0.3 is 14.8 Å². The van der Waals surface area contributed by atoms with Crippen LogP contribution in [0.5, 0.6) is 11.5 Å². The van der Waals surface area contributed by atoms with Crippen LogP contribution in [0.25, 0.3) is 0 Å². The van der Waals surface area contributed by atoms with Crippen molar-refractivity contribution < 1.29 is 9.47 Å². The summed E-state index contributed by atoms with van der Waals surface area (Å²) < 4.78 is 12.7. The van der Waals surface area contributed by atoms with E-state index in [9.17, 15) is 0 Å². The van der Waals surface area contributed by atoms with Crippen molar-refractivity contribution in [2.75, 3.05) is 12.1 Å². The highest BCUT2D eigenvalue weighted by Gasteiger charge is 2.31. The van der Waals surface area contributed by atoms with Gasteiger partial charge >= 0.3 is 0 Å². The van der Waals surface area contributed by atoms with Crippen molar-refractivity contribution in [2.45, 2.75) is 18.5 Å². The first-order valence-electron chi connectivity index (χ1n) is 7.87. The second-order valence-electron chi connectivity index (χ2n) is 5.92. The molecular weight excluding hydrogens is 306 g/mol. The summed E-state index contributed by atoms with van der Waals surface area (Å²) in [5.74, 6) is 2.26. The molecule has 5 rings (SSSR count). The maximum atomic E-state index is 5.50. The minimum atomic E-state index is 0.0906. The van der Waals surface area contributed by atoms with E-state index >= 15 is 0 Å². The van der Waals surface area contributed by atoms with Crippen molar-refractivity contribution in [2.24, 2.45) is 0 Å². The predicted molar refractivity (Wildman–Crippen MR) is 85.9 cm³/mol. The SMILES string of the molecule is c1ccc([C@@H]2C[C@H](c3ccc4c(c3)OCO4)Nc3nnnn32)cc1. The molecular formula is C17H15N5O2. The molecule has 3 heterocycles. The third-order valence-electron chi connectivity index (χ3n) is 4.53. The molecule has 2 aliphatic heterocycles. The maximum Gasteiger partial charge on any atom is 0.243 e. The molecule has 120 valence electrons. The Balaban J connectivity index is 1.53. The summed E-state index contributed by atoms with van der Waals surface area (Å²) in [4.78, 5) is 0. The van der Waals surface area contributed by atoms with Gasteiger partial charge in [-0.3, -0.25) is 0 Å². The first kappa shape index (κ1) is 13.4. The van der Waals surface area contributed by atoms with E-state index in [4.69, 9.17) is 9.47 Å². The third-order valence-corrected chi connectivity index (χ3v) is 4.53. The van der Waals surface area contributed by atoms with Gasteiger partial charge in [-0.15, -0.1) is 0 Å². The van der Waals surface area contributed by atoms with Gasteiger partial charge in [-0.25, -0.2) is 4.68 Å². The zero-order valence-corrected chi connectivity index (χ0v) is 12.8. The topological polar surface area (TPSA) is 74.1 Å². The van der Waals surface area contributed by atoms with E-state index < -0.39 is 0 Å². The molecule has 0 bridgehead atoms. The van der Waals surface area contributed by atoms with Crippen LogP contribution in [0, 0.1) is 0 Å². The number of ether oxygens (including phenoxy) is 2. The molecule has 7 nitrogen and oxygen atoms in total. The van der Waals surface area contributed by atoms with Gasteiger partial charge in [-0.1, -0.05) is 41.5 Å². The smallest absolute Gasteiger partial charge is 0.243 e. The van der Waals surface area contributed by atoms with Crippen molar-refractivity contribution in [3.8, 4) is 11.5 Å². The van der Waals surface area contributed by atoms with E-state index in [2.05, 4.69) is 39.0 Å². The van der Waals surface area contributed by atoms with E-state index in [0.29, 0.717) is 5.95 Å². The number of anilines is 1. The normalized spacial score (nSPS) is 21.2. The lowest BCUT2D eigenvalue weighted by molar-refractivity contribution is 0.174. The number of aromatic nitrogens is 4. The van der Waals surface area contributed by atoms with Gasteiger partial charge in [-0.2, -0.15) is 0 Å². The number of hydrogen-bond donors (Lipinski definition) is 1. The Morgan fingerprint density at radius 3 is 2.79 bits per heavy atom. The first-order valence-corrected chi connectivity index (χ1v) is 7.87. The van der Waals surface area contributed by atoms with Crippen LogP contribution in [-0.4, -0.2) is 27.0 Å². The van der Waals surface area contributed by atoms with Crippen molar-refractivity contribution in [1.82, 2.24) is 20.2 Å². The van der Waals surface area contributed by atoms with Gasteiger partial charge in [0.25, 0.3) is 0 Å². The van der Waals surface area contributed by atoms with Gasteiger partial charge in [0.2, 0.25) is 12.7 Å². The molecule has 2 atom stereocenters. The highest BCUT2D eigenvalue weighted by atomic mass is 16.7. The van der Waals surface area contributed by atoms with Gasteiger partial charge in [0.15, 0.2) is 11.5 Å². The minimum Gasteiger partial charge on any atom is -0.454 e. The Bertz CT molecular complexity index is 880. The number of nitrogens with zero attached hydrogens (tertiary/aromatic N) is 4. The zero-order chi connectivity index (χ0) is 15.9. The van der Waals surface area contributed by atoms with Crippen LogP contribution >= 0.6 is 0 Å². The van der Waals surface area contributed by atoms with Gasteiger partial charge in [0, 0.05) is 0 Å². The second-order valence-corrected chi connectivity index (χ2v) is 5.92. The van der Waals surface area contributed by atoms with E-state index in [1.54, 1.807) is 0 Å². The molecule has 0 amide bonds. The standard InChI is InChI=1S/C17H15N5O2/c1-2-4-11(5-3-1)14-9-13(18-17-19-20-21-22(14)17)12-6-7-15-16(8-12)24-10-23-15/h1-8,13-14H,9-10H2,(H,18,19,21)/t13-,14+/m1/s1. The lowest BCUT2D eigenvalue weighted by Crippen LogP contribution is -2.28. The molecule has 3 aromatic rings. The molecule has 7 heteroatoms. The van der Waals surface area contributed by atoms with Crippen molar-refractivity contribution in [3.05, 3.63) is 59.7 Å². The van der Waals surface area contributed by atoms with Crippen LogP contribution < -0.4 is 14.8 Å². The fourth-order valence-electron chi connectivity index (χ4n) is 3.34. The molecule has 2 aliphatic rings. The maximum absolute atomic E-state index is 5.50. The van der Waals surface area contributed by atoms with Crippen LogP contribution in [0.1, 0.15) is 29.6 Å². The summed E-state index contributed by atoms with van der Waals surface area (Å²) in [5.41, 5.74) is 2.33. The summed E-state index contributed by atoms with van der Waals surface area (Å²) in [6.45, 7) is 0.280. The largest absolute Gasteiger partial charge is 0.454 e. The summed E-state index contributed by atoms with van der Waals surface area (Å²) in [6.07, 6.45) is 0.849. The number of nitrogens with one attached hydrogen (secondary N) is 1. The van der Waals surface area contributed by atoms with Gasteiger partial charge in [-0.05, 0) is 40.1 Å². The third kappa shape index (κ3) is 2.09. The fourth-order valence-corrected chi connectivity index (χ4v) is 3.34. The molecule has 1 N–H and O–H groups in total. The Hall–Kier alpha value is -3.09. The van der Waals surface area contributed by atoms with Crippen LogP contribution in [-0.2, 0) is 0 Å². The molecule has 24 heavy (non-hydrogen) atoms. The van der Waals surface area contributed by atoms with Crippen molar-refractivity contribution in [3.63, 3.8) is 0 Å². The van der Waals surface area contributed by atoms with E-state index in [0.717, 1.165) is 23.5 Å². The Morgan fingerprint density at radius 1 is 1.00 bits per heavy atom. The molecule has 0 unspecified atom stereocenters. The number of benzene rings is 2. The molecule has 0 saturated heterocycles. The van der Waals surface area contributed by atoms with Crippen LogP contribution in [0.2, 0.25) is 0 Å². The lowest BCUT2D eigenvalue weighted by Gasteiger charge is -2.31. The molecule has 0 fully saturated rings. The molecule has 0 spiro atoms. The molecule has 2 aromatic carbocycles. The highest BCUT2D eigenvalue weighted by Crippen LogP contribution is 2.40. The van der Waals surface area contributed by atoms with Gasteiger partial charge in [0.05, 0.1) is 12.1 Å². The Kier molecular flexibility index (Phi) is 2.91. The number of tetrazole rings is 1. The fraction of sp³-hybridized carbons (Fsp3) is 0.235. The average Bonchev–Trinajstić information content (AvgIpc) is 3.29. The molecule has 0 radical (unpaired) electrons. The summed E-state index contributed by atoms with van der Waals surface area (Å²) in [7, 11) is 0. The van der Waals surface area contributed by atoms with Gasteiger partial charge in [0.1, 0.15) is 0 Å². The lowest BCUT2D eigenvalue weighted by atomic mass is 9.93. The van der Waals surface area contributed by atoms with Crippen LogP contribution in [0.3, 0.4) is 0 Å². The van der Waals surface area contributed by atoms with Crippen molar-refractivity contribution >= 4 is 5.95 Å². The highest BCUT2D eigenvalue weighted by molar-refractivity contribution is 5.47. The quantitative estimate of drug-likeness (QED) is 0.782. The Morgan fingerprint density at radius 2 is 1.88 bits per heavy atom. The summed E-state index contributed by atoms with van der Waals surface area (Å²) in [5, 5.41) is 15.5. The van der Waals surface area contributed by atoms with E-state index in [1.165, 1.54) is 5.56 Å². The Labute approximate surface area is 138 Å². The summed E-state index contributed by atoms with van der Waals surface area (Å²) in [6, 6.07) is 16.5. The summed E-state index contributed by atoms with van der Waals surface area (Å²) >= 11 is 0. The average molecular weight is 321 g/mol. The monoisotopic (exact) mass is 321 g/mol. The van der Waals surface area contributed by atoms with Crippen LogP contribution in [0.15, 0.2) is 48.5 Å². The van der Waals surface area contributed by atoms with E-state index in [1.807, 2.05) is 35.0 Å². The zero-order valence-electron chi connectivity index (χ0n) is 12.8. The minimum absolute atomic E-state index is 0.0906. The first-order chi connectivity index (χ1) is 11.9. The van der Waals surface area contributed by atoms with Crippen LogP contribution in [0.4, 0.5) is 5.95 Å².